The van der Waals surface area contributed by atoms with Crippen LogP contribution in [0, 0.1) is 12.7 Å². The van der Waals surface area contributed by atoms with E-state index >= 15 is 0 Å². The maximum absolute atomic E-state index is 13.3. The first-order valence-electron chi connectivity index (χ1n) is 13.2. The number of allylic oxidation sites excluding steroid dienone is 1. The Morgan fingerprint density at radius 2 is 1.89 bits per heavy atom. The SMILES string of the molecule is C=C1N=C(c2cc(C)cs2)N(Cc2ccccc2)C(C)=C1C(=C)N1CCC(c2ccc(F)cn2)C1.CCC.[HH]. The van der Waals surface area contributed by atoms with Gasteiger partial charge in [0.1, 0.15) is 5.82 Å². The third-order valence-electron chi connectivity index (χ3n) is 6.71. The molecule has 3 aromatic rings. The number of thiophene rings is 1. The minimum Gasteiger partial charge on any atom is -0.371 e. The average molecular weight is 531 g/mol. The minimum atomic E-state index is -0.305. The molecule has 2 aliphatic heterocycles. The summed E-state index contributed by atoms with van der Waals surface area (Å²) in [5.74, 6) is 0.875. The quantitative estimate of drug-likeness (QED) is 0.321. The van der Waals surface area contributed by atoms with Crippen molar-refractivity contribution in [2.24, 2.45) is 4.99 Å². The Kier molecular flexibility index (Phi) is 8.95. The molecule has 2 aliphatic rings. The third-order valence-corrected chi connectivity index (χ3v) is 7.76. The fraction of sp³-hybridized carbons (Fsp3) is 0.312. The van der Waals surface area contributed by atoms with Crippen LogP contribution in [0.25, 0.3) is 0 Å². The molecule has 0 saturated carbocycles. The van der Waals surface area contributed by atoms with Gasteiger partial charge >= 0.3 is 0 Å². The standard InChI is InChI=1S/C29H29FN4S.C3H8.H2/c1-19-14-27(35-18-19)29-32-20(2)28(22(4)34(29)16-23-8-6-5-7-9-23)21(3)33-13-12-24(17-33)26-11-10-25(30)15-31-26;1-3-2;/h5-11,14-15,18,24H,2-3,12-13,16-17H2,1,4H3;3H2,1-2H3;1H. The molecule has 1 atom stereocenters. The number of halogens is 1. The molecule has 1 fully saturated rings. The molecule has 1 unspecified atom stereocenters. The molecule has 0 aliphatic carbocycles. The number of aryl methyl sites for hydroxylation is 1. The van der Waals surface area contributed by atoms with Crippen LogP contribution in [0.5, 0.6) is 0 Å². The largest absolute Gasteiger partial charge is 0.371 e. The van der Waals surface area contributed by atoms with Gasteiger partial charge in [-0.05, 0) is 55.0 Å². The van der Waals surface area contributed by atoms with Crippen LogP contribution in [0.4, 0.5) is 4.39 Å². The van der Waals surface area contributed by atoms with Crippen LogP contribution >= 0.6 is 11.3 Å². The second-order valence-electron chi connectivity index (χ2n) is 9.89. The monoisotopic (exact) mass is 530 g/mol. The summed E-state index contributed by atoms with van der Waals surface area (Å²) in [5.41, 5.74) is 7.13. The van der Waals surface area contributed by atoms with Crippen LogP contribution in [0.2, 0.25) is 0 Å². The Balaban J connectivity index is 0.00000101. The van der Waals surface area contributed by atoms with Gasteiger partial charge in [0.2, 0.25) is 0 Å². The lowest BCUT2D eigenvalue weighted by atomic mass is 10.0. The van der Waals surface area contributed by atoms with Crippen LogP contribution in [0.3, 0.4) is 0 Å². The molecular formula is C32H39FN4S. The van der Waals surface area contributed by atoms with E-state index in [-0.39, 0.29) is 13.2 Å². The molecule has 1 aromatic carbocycles. The zero-order chi connectivity index (χ0) is 27.2. The number of pyridine rings is 1. The lowest BCUT2D eigenvalue weighted by molar-refractivity contribution is 0.420. The summed E-state index contributed by atoms with van der Waals surface area (Å²) in [7, 11) is 0. The topological polar surface area (TPSA) is 31.7 Å². The number of benzene rings is 1. The van der Waals surface area contributed by atoms with E-state index in [4.69, 9.17) is 4.99 Å². The van der Waals surface area contributed by atoms with Crippen molar-refractivity contribution in [2.75, 3.05) is 13.1 Å². The van der Waals surface area contributed by atoms with E-state index in [0.717, 1.165) is 58.6 Å². The number of rotatable bonds is 6. The van der Waals surface area contributed by atoms with Crippen molar-refractivity contribution in [3.05, 3.63) is 123 Å². The van der Waals surface area contributed by atoms with Crippen molar-refractivity contribution in [3.8, 4) is 0 Å². The van der Waals surface area contributed by atoms with E-state index in [1.165, 1.54) is 29.8 Å². The van der Waals surface area contributed by atoms with Crippen LogP contribution in [-0.4, -0.2) is 33.7 Å². The van der Waals surface area contributed by atoms with Crippen LogP contribution < -0.4 is 0 Å². The fourth-order valence-electron chi connectivity index (χ4n) is 4.85. The molecule has 4 nitrogen and oxygen atoms in total. The number of aromatic nitrogens is 1. The molecule has 0 amide bonds. The third kappa shape index (κ3) is 6.13. The molecule has 6 heteroatoms. The van der Waals surface area contributed by atoms with Crippen molar-refractivity contribution in [1.29, 1.82) is 0 Å². The summed E-state index contributed by atoms with van der Waals surface area (Å²) in [6.07, 6.45) is 3.50. The number of amidine groups is 1. The summed E-state index contributed by atoms with van der Waals surface area (Å²) >= 11 is 1.71. The highest BCUT2D eigenvalue weighted by atomic mass is 32.1. The van der Waals surface area contributed by atoms with Crippen molar-refractivity contribution in [2.45, 2.75) is 53.0 Å². The average Bonchev–Trinajstić information content (AvgIpc) is 3.57. The van der Waals surface area contributed by atoms with Gasteiger partial charge in [0.05, 0.1) is 16.8 Å². The summed E-state index contributed by atoms with van der Waals surface area (Å²) in [4.78, 5) is 15.0. The smallest absolute Gasteiger partial charge is 0.151 e. The Bertz CT molecular complexity index is 1340. The predicted molar refractivity (Wildman–Crippen MR) is 160 cm³/mol. The van der Waals surface area contributed by atoms with E-state index in [9.17, 15) is 4.39 Å². The van der Waals surface area contributed by atoms with Crippen molar-refractivity contribution >= 4 is 17.2 Å². The second-order valence-corrected chi connectivity index (χ2v) is 10.8. The number of likely N-dealkylation sites (tertiary alicyclic amines) is 1. The first kappa shape index (κ1) is 27.5. The molecule has 38 heavy (non-hydrogen) atoms. The molecule has 2 aromatic heterocycles. The maximum atomic E-state index is 13.3. The van der Waals surface area contributed by atoms with E-state index in [0.29, 0.717) is 6.54 Å². The van der Waals surface area contributed by atoms with Crippen molar-refractivity contribution < 1.29 is 5.82 Å². The van der Waals surface area contributed by atoms with Gasteiger partial charge in [-0.3, -0.25) is 4.98 Å². The molecule has 0 radical (unpaired) electrons. The summed E-state index contributed by atoms with van der Waals surface area (Å²) in [6.45, 7) is 19.7. The molecular weight excluding hydrogens is 491 g/mol. The maximum Gasteiger partial charge on any atom is 0.151 e. The van der Waals surface area contributed by atoms with Gasteiger partial charge in [-0.25, -0.2) is 9.38 Å². The molecule has 0 spiro atoms. The highest BCUT2D eigenvalue weighted by molar-refractivity contribution is 7.12. The van der Waals surface area contributed by atoms with Crippen LogP contribution in [0.1, 0.15) is 62.7 Å². The lowest BCUT2D eigenvalue weighted by Gasteiger charge is -2.35. The van der Waals surface area contributed by atoms with Crippen molar-refractivity contribution in [3.63, 3.8) is 0 Å². The summed E-state index contributed by atoms with van der Waals surface area (Å²) < 4.78 is 13.3. The zero-order valence-corrected chi connectivity index (χ0v) is 23.7. The molecule has 4 heterocycles. The van der Waals surface area contributed by atoms with Crippen LogP contribution in [0.15, 0.2) is 101 Å². The predicted octanol–water partition coefficient (Wildman–Crippen LogP) is 8.31. The van der Waals surface area contributed by atoms with Gasteiger partial charge in [-0.1, -0.05) is 63.8 Å². The van der Waals surface area contributed by atoms with E-state index in [2.05, 4.69) is 91.3 Å². The Labute approximate surface area is 232 Å². The summed E-state index contributed by atoms with van der Waals surface area (Å²) in [6, 6.07) is 15.9. The molecule has 0 bridgehead atoms. The Morgan fingerprint density at radius 1 is 1.16 bits per heavy atom. The number of hydrogen-bond donors (Lipinski definition) is 0. The Morgan fingerprint density at radius 3 is 2.53 bits per heavy atom. The summed E-state index contributed by atoms with van der Waals surface area (Å²) in [5, 5.41) is 2.16. The number of hydrogen-bond acceptors (Lipinski definition) is 5. The Hall–Kier alpha value is -3.51. The number of nitrogens with zero attached hydrogens (tertiary/aromatic N) is 4. The van der Waals surface area contributed by atoms with Gasteiger partial charge in [-0.15, -0.1) is 11.3 Å². The van der Waals surface area contributed by atoms with E-state index in [1.807, 2.05) is 6.07 Å². The van der Waals surface area contributed by atoms with Crippen molar-refractivity contribution in [1.82, 2.24) is 14.8 Å². The minimum absolute atomic E-state index is 0. The van der Waals surface area contributed by atoms with Gasteiger partial charge in [0.15, 0.2) is 5.84 Å². The first-order valence-corrected chi connectivity index (χ1v) is 14.1. The fourth-order valence-corrected chi connectivity index (χ4v) is 5.75. The van der Waals surface area contributed by atoms with Gasteiger partial charge in [-0.2, -0.15) is 0 Å². The van der Waals surface area contributed by atoms with Crippen LogP contribution in [-0.2, 0) is 6.54 Å². The van der Waals surface area contributed by atoms with Gasteiger partial charge < -0.3 is 9.80 Å². The first-order chi connectivity index (χ1) is 18.3. The normalized spacial score (nSPS) is 17.3. The lowest BCUT2D eigenvalue weighted by Crippen LogP contribution is -2.34. The molecule has 1 saturated heterocycles. The second kappa shape index (κ2) is 12.4. The van der Waals surface area contributed by atoms with Gasteiger partial charge in [0, 0.05) is 49.6 Å². The highest BCUT2D eigenvalue weighted by Crippen LogP contribution is 2.37. The zero-order valence-electron chi connectivity index (χ0n) is 22.9. The molecule has 5 rings (SSSR count). The highest BCUT2D eigenvalue weighted by Gasteiger charge is 2.32. The molecule has 200 valence electrons. The molecule has 0 N–H and O–H groups in total. The van der Waals surface area contributed by atoms with Gasteiger partial charge in [0.25, 0.3) is 0 Å². The van der Waals surface area contributed by atoms with E-state index in [1.54, 1.807) is 17.4 Å². The number of aliphatic imine (C=N–C) groups is 1. The van der Waals surface area contributed by atoms with E-state index < -0.39 is 0 Å².